The molecule has 0 saturated carbocycles. The molecule has 3 rings (SSSR count). The molecule has 8 heteroatoms. The third-order valence-electron chi connectivity index (χ3n) is 3.63. The topological polar surface area (TPSA) is 77.7 Å². The van der Waals surface area contributed by atoms with Crippen molar-refractivity contribution in [2.45, 2.75) is 33.3 Å². The van der Waals surface area contributed by atoms with E-state index >= 15 is 0 Å². The number of fused-ring (bicyclic) bond motifs is 1. The summed E-state index contributed by atoms with van der Waals surface area (Å²) in [6.45, 7) is 3.77. The molecule has 0 radical (unpaired) electrons. The number of aromatic nitrogens is 2. The molecule has 0 atom stereocenters. The van der Waals surface area contributed by atoms with Crippen LogP contribution in [0.3, 0.4) is 0 Å². The van der Waals surface area contributed by atoms with Crippen molar-refractivity contribution in [1.82, 2.24) is 9.38 Å². The molecular weight excluding hydrogens is 360 g/mol. The van der Waals surface area contributed by atoms with Gasteiger partial charge in [0.1, 0.15) is 6.61 Å². The normalized spacial score (nSPS) is 11.0. The van der Waals surface area contributed by atoms with Crippen LogP contribution in [-0.4, -0.2) is 21.1 Å². The predicted octanol–water partition coefficient (Wildman–Crippen LogP) is 3.14. The third kappa shape index (κ3) is 4.02. The summed E-state index contributed by atoms with van der Waals surface area (Å²) < 4.78 is 6.57. The third-order valence-corrected chi connectivity index (χ3v) is 5.36. The van der Waals surface area contributed by atoms with Crippen molar-refractivity contribution in [3.8, 4) is 0 Å². The number of nitrogens with zero attached hydrogens (tertiary/aromatic N) is 2. The highest BCUT2D eigenvalue weighted by atomic mass is 32.1. The molecule has 0 aromatic carbocycles. The van der Waals surface area contributed by atoms with Gasteiger partial charge in [0.15, 0.2) is 10.7 Å². The maximum Gasteiger partial charge on any atom is 0.306 e. The summed E-state index contributed by atoms with van der Waals surface area (Å²) in [6, 6.07) is 3.19. The molecule has 0 spiro atoms. The fourth-order valence-corrected chi connectivity index (χ4v) is 4.13. The van der Waals surface area contributed by atoms with Gasteiger partial charge in [0.05, 0.1) is 12.1 Å². The van der Waals surface area contributed by atoms with Crippen LogP contribution in [0.4, 0.5) is 0 Å². The Morgan fingerprint density at radius 2 is 2.04 bits per heavy atom. The van der Waals surface area contributed by atoms with E-state index in [1.165, 1.54) is 21.8 Å². The average Bonchev–Trinajstić information content (AvgIpc) is 3.17. The van der Waals surface area contributed by atoms with Crippen LogP contribution in [0.15, 0.2) is 28.5 Å². The number of ketones is 1. The van der Waals surface area contributed by atoms with E-state index in [9.17, 15) is 14.4 Å². The van der Waals surface area contributed by atoms with Crippen LogP contribution >= 0.6 is 22.7 Å². The quantitative estimate of drug-likeness (QED) is 0.488. The molecule has 0 aliphatic rings. The Morgan fingerprint density at radius 1 is 1.24 bits per heavy atom. The monoisotopic (exact) mass is 376 g/mol. The van der Waals surface area contributed by atoms with Crippen molar-refractivity contribution >= 4 is 39.4 Å². The highest BCUT2D eigenvalue weighted by Crippen LogP contribution is 2.22. The first kappa shape index (κ1) is 17.5. The molecule has 6 nitrogen and oxygen atoms in total. The van der Waals surface area contributed by atoms with Gasteiger partial charge in [-0.05, 0) is 19.9 Å². The molecule has 3 heterocycles. The highest BCUT2D eigenvalue weighted by Gasteiger charge is 2.15. The van der Waals surface area contributed by atoms with Gasteiger partial charge in [0.2, 0.25) is 0 Å². The van der Waals surface area contributed by atoms with Gasteiger partial charge in [-0.2, -0.15) is 0 Å². The molecular formula is C17H16N2O4S2. The van der Waals surface area contributed by atoms with E-state index < -0.39 is 5.97 Å². The van der Waals surface area contributed by atoms with Crippen molar-refractivity contribution in [1.29, 1.82) is 0 Å². The van der Waals surface area contributed by atoms with Crippen LogP contribution in [0.25, 0.3) is 4.96 Å². The predicted molar refractivity (Wildman–Crippen MR) is 96.5 cm³/mol. The molecule has 0 N–H and O–H groups in total. The van der Waals surface area contributed by atoms with E-state index in [0.717, 1.165) is 9.75 Å². The number of Topliss-reactive ketones (excluding diaryl/α,β-unsaturated/α-hetero) is 1. The lowest BCUT2D eigenvalue weighted by molar-refractivity contribution is -0.145. The number of thiazole rings is 1. The Labute approximate surface area is 151 Å². The standard InChI is InChI=1S/C17H16N2O4S2/c1-10-7-13(11(2)25-10)14(20)3-4-16(22)23-9-12-8-15(21)19-5-6-24-17(19)18-12/h5-8H,3-4,9H2,1-2H3. The molecule has 0 saturated heterocycles. The van der Waals surface area contributed by atoms with Gasteiger partial charge in [-0.15, -0.1) is 22.7 Å². The number of thiophene rings is 1. The fraction of sp³-hybridized carbons (Fsp3) is 0.294. The number of carbonyl (C=O) groups excluding carboxylic acids is 2. The molecule has 0 aliphatic carbocycles. The van der Waals surface area contributed by atoms with Crippen molar-refractivity contribution in [3.05, 3.63) is 55.1 Å². The van der Waals surface area contributed by atoms with E-state index in [1.54, 1.807) is 22.9 Å². The highest BCUT2D eigenvalue weighted by molar-refractivity contribution is 7.15. The number of ether oxygens (including phenoxy) is 1. The summed E-state index contributed by atoms with van der Waals surface area (Å²) in [5.41, 5.74) is 0.861. The molecule has 0 fully saturated rings. The van der Waals surface area contributed by atoms with Crippen molar-refractivity contribution in [3.63, 3.8) is 0 Å². The second-order valence-corrected chi connectivity index (χ2v) is 7.89. The van der Waals surface area contributed by atoms with E-state index in [0.29, 0.717) is 16.2 Å². The summed E-state index contributed by atoms with van der Waals surface area (Å²) in [6.07, 6.45) is 1.76. The summed E-state index contributed by atoms with van der Waals surface area (Å²) in [5, 5.41) is 1.76. The van der Waals surface area contributed by atoms with Gasteiger partial charge >= 0.3 is 5.97 Å². The zero-order valence-corrected chi connectivity index (χ0v) is 15.4. The zero-order valence-electron chi connectivity index (χ0n) is 13.8. The second kappa shape index (κ2) is 7.28. The number of esters is 1. The van der Waals surface area contributed by atoms with Gasteiger partial charge < -0.3 is 4.74 Å². The van der Waals surface area contributed by atoms with Gasteiger partial charge in [0.25, 0.3) is 5.56 Å². The van der Waals surface area contributed by atoms with E-state index in [-0.39, 0.29) is 30.8 Å². The van der Waals surface area contributed by atoms with Crippen LogP contribution in [0.1, 0.15) is 38.6 Å². The molecule has 0 aliphatic heterocycles. The first-order valence-electron chi connectivity index (χ1n) is 7.65. The van der Waals surface area contributed by atoms with Crippen LogP contribution in [-0.2, 0) is 16.1 Å². The maximum absolute atomic E-state index is 12.2. The lowest BCUT2D eigenvalue weighted by Gasteiger charge is -2.04. The van der Waals surface area contributed by atoms with Crippen molar-refractivity contribution < 1.29 is 14.3 Å². The van der Waals surface area contributed by atoms with Gasteiger partial charge in [-0.25, -0.2) is 4.98 Å². The zero-order chi connectivity index (χ0) is 18.0. The van der Waals surface area contributed by atoms with Crippen LogP contribution in [0, 0.1) is 13.8 Å². The molecule has 130 valence electrons. The first-order chi connectivity index (χ1) is 11.9. The summed E-state index contributed by atoms with van der Waals surface area (Å²) in [4.78, 5) is 42.7. The maximum atomic E-state index is 12.2. The van der Waals surface area contributed by atoms with Gasteiger partial charge in [0, 0.05) is 39.4 Å². The molecule has 3 aromatic rings. The summed E-state index contributed by atoms with van der Waals surface area (Å²) in [5.74, 6) is -0.540. The Kier molecular flexibility index (Phi) is 5.10. The van der Waals surface area contributed by atoms with Crippen molar-refractivity contribution in [2.24, 2.45) is 0 Å². The average molecular weight is 376 g/mol. The largest absolute Gasteiger partial charge is 0.459 e. The van der Waals surface area contributed by atoms with Gasteiger partial charge in [-0.1, -0.05) is 0 Å². The Bertz CT molecular complexity index is 1000. The lowest BCUT2D eigenvalue weighted by Crippen LogP contribution is -2.15. The lowest BCUT2D eigenvalue weighted by atomic mass is 10.1. The molecule has 0 bridgehead atoms. The van der Waals surface area contributed by atoms with Gasteiger partial charge in [-0.3, -0.25) is 18.8 Å². The number of hydrogen-bond donors (Lipinski definition) is 0. The number of hydrogen-bond acceptors (Lipinski definition) is 7. The molecule has 0 unspecified atom stereocenters. The number of carbonyl (C=O) groups is 2. The number of aryl methyl sites for hydroxylation is 2. The smallest absolute Gasteiger partial charge is 0.306 e. The Balaban J connectivity index is 1.54. The second-order valence-electron chi connectivity index (χ2n) is 5.55. The van der Waals surface area contributed by atoms with Crippen LogP contribution in [0.2, 0.25) is 0 Å². The SMILES string of the molecule is Cc1cc(C(=O)CCC(=O)OCc2cc(=O)n3ccsc3n2)c(C)s1. The minimum atomic E-state index is -0.480. The minimum absolute atomic E-state index is 0.00734. The molecule has 0 amide bonds. The summed E-state index contributed by atoms with van der Waals surface area (Å²) >= 11 is 2.90. The molecule has 3 aromatic heterocycles. The van der Waals surface area contributed by atoms with E-state index in [4.69, 9.17) is 4.74 Å². The minimum Gasteiger partial charge on any atom is -0.459 e. The van der Waals surface area contributed by atoms with E-state index in [1.807, 2.05) is 19.9 Å². The van der Waals surface area contributed by atoms with Crippen molar-refractivity contribution in [2.75, 3.05) is 0 Å². The Hall–Kier alpha value is -2.32. The first-order valence-corrected chi connectivity index (χ1v) is 9.35. The Morgan fingerprint density at radius 3 is 2.76 bits per heavy atom. The van der Waals surface area contributed by atoms with Crippen LogP contribution < -0.4 is 5.56 Å². The van der Waals surface area contributed by atoms with E-state index in [2.05, 4.69) is 4.98 Å². The summed E-state index contributed by atoms with van der Waals surface area (Å²) in [7, 11) is 0. The fourth-order valence-electron chi connectivity index (χ4n) is 2.45. The van der Waals surface area contributed by atoms with Crippen LogP contribution in [0.5, 0.6) is 0 Å². The molecule has 25 heavy (non-hydrogen) atoms. The number of rotatable bonds is 6.